The standard InChI is InChI=1S/C16H13N3O4S.C4H5N/c1-19-15-6-5-13(24(20,21)22)8-14(15)18-16(19)10-23-12-4-2-3-11(7-12)9-17;1-2-4-5-3-1/h2-8H,10H2,1H3,(H,20,21,22);1-5H. The van der Waals surface area contributed by atoms with Crippen LogP contribution in [0.1, 0.15) is 11.4 Å². The summed E-state index contributed by atoms with van der Waals surface area (Å²) in [6.07, 6.45) is 3.75. The number of aryl methyl sites for hydroxylation is 1. The minimum absolute atomic E-state index is 0.154. The molecular formula is C20H18N4O4S. The Morgan fingerprint density at radius 3 is 2.55 bits per heavy atom. The first-order chi connectivity index (χ1) is 13.9. The van der Waals surface area contributed by atoms with Crippen LogP contribution in [0, 0.1) is 11.3 Å². The van der Waals surface area contributed by atoms with Gasteiger partial charge in [0.25, 0.3) is 10.1 Å². The fourth-order valence-electron chi connectivity index (χ4n) is 2.60. The lowest BCUT2D eigenvalue weighted by atomic mass is 10.2. The molecule has 0 spiro atoms. The Balaban J connectivity index is 0.000000419. The molecule has 0 bridgehead atoms. The molecule has 8 nitrogen and oxygen atoms in total. The Bertz CT molecular complexity index is 1240. The van der Waals surface area contributed by atoms with Crippen molar-refractivity contribution < 1.29 is 17.7 Å². The fraction of sp³-hybridized carbons (Fsp3) is 0.100. The number of H-pyrrole nitrogens is 1. The predicted molar refractivity (Wildman–Crippen MR) is 107 cm³/mol. The number of imidazole rings is 1. The van der Waals surface area contributed by atoms with Crippen LogP contribution in [0.5, 0.6) is 5.75 Å². The maximum Gasteiger partial charge on any atom is 0.294 e. The third kappa shape index (κ3) is 5.01. The SMILES string of the molecule is Cn1c(COc2cccc(C#N)c2)nc2cc(S(=O)(=O)O)ccc21.c1cc[nH]c1. The number of aromatic amines is 1. The summed E-state index contributed by atoms with van der Waals surface area (Å²) in [5, 5.41) is 8.89. The zero-order valence-electron chi connectivity index (χ0n) is 15.5. The number of aromatic nitrogens is 3. The molecule has 2 N–H and O–H groups in total. The van der Waals surface area contributed by atoms with Gasteiger partial charge in [-0.05, 0) is 48.5 Å². The van der Waals surface area contributed by atoms with Crippen LogP contribution in [-0.4, -0.2) is 27.5 Å². The van der Waals surface area contributed by atoms with E-state index in [1.807, 2.05) is 30.6 Å². The van der Waals surface area contributed by atoms with E-state index in [1.54, 1.807) is 41.9 Å². The summed E-state index contributed by atoms with van der Waals surface area (Å²) in [5.41, 5.74) is 1.65. The summed E-state index contributed by atoms with van der Waals surface area (Å²) >= 11 is 0. The molecule has 9 heteroatoms. The summed E-state index contributed by atoms with van der Waals surface area (Å²) in [6.45, 7) is 0.154. The van der Waals surface area contributed by atoms with Crippen molar-refractivity contribution in [3.63, 3.8) is 0 Å². The van der Waals surface area contributed by atoms with Crippen molar-refractivity contribution in [1.29, 1.82) is 5.26 Å². The first kappa shape index (κ1) is 20.1. The van der Waals surface area contributed by atoms with E-state index in [2.05, 4.69) is 9.97 Å². The van der Waals surface area contributed by atoms with E-state index in [4.69, 9.17) is 14.6 Å². The van der Waals surface area contributed by atoms with Crippen molar-refractivity contribution in [3.8, 4) is 11.8 Å². The lowest BCUT2D eigenvalue weighted by Gasteiger charge is -2.06. The summed E-state index contributed by atoms with van der Waals surface area (Å²) < 4.78 is 38.9. The van der Waals surface area contributed by atoms with Gasteiger partial charge >= 0.3 is 0 Å². The monoisotopic (exact) mass is 410 g/mol. The van der Waals surface area contributed by atoms with E-state index in [1.165, 1.54) is 12.1 Å². The Labute approximate surface area is 167 Å². The van der Waals surface area contributed by atoms with Crippen LogP contribution in [0.15, 0.2) is 71.9 Å². The number of benzene rings is 2. The molecular weight excluding hydrogens is 392 g/mol. The van der Waals surface area contributed by atoms with Gasteiger partial charge in [-0.15, -0.1) is 0 Å². The van der Waals surface area contributed by atoms with Crippen LogP contribution in [-0.2, 0) is 23.8 Å². The lowest BCUT2D eigenvalue weighted by Crippen LogP contribution is -2.03. The van der Waals surface area contributed by atoms with Gasteiger partial charge in [-0.2, -0.15) is 13.7 Å². The number of fused-ring (bicyclic) bond motifs is 1. The molecule has 0 unspecified atom stereocenters. The highest BCUT2D eigenvalue weighted by Gasteiger charge is 2.14. The second kappa shape index (κ2) is 8.60. The Kier molecular flexibility index (Phi) is 5.97. The van der Waals surface area contributed by atoms with Crippen molar-refractivity contribution in [2.45, 2.75) is 11.5 Å². The van der Waals surface area contributed by atoms with Crippen LogP contribution >= 0.6 is 0 Å². The maximum absolute atomic E-state index is 11.2. The van der Waals surface area contributed by atoms with E-state index in [-0.39, 0.29) is 11.5 Å². The molecule has 0 aliphatic heterocycles. The third-order valence-corrected chi connectivity index (χ3v) is 4.92. The second-order valence-electron chi connectivity index (χ2n) is 6.03. The summed E-state index contributed by atoms with van der Waals surface area (Å²) in [7, 11) is -2.49. The molecule has 148 valence electrons. The lowest BCUT2D eigenvalue weighted by molar-refractivity contribution is 0.292. The molecule has 2 aromatic carbocycles. The average Bonchev–Trinajstić information content (AvgIpc) is 3.38. The van der Waals surface area contributed by atoms with Crippen LogP contribution in [0.2, 0.25) is 0 Å². The van der Waals surface area contributed by atoms with Crippen LogP contribution in [0.3, 0.4) is 0 Å². The van der Waals surface area contributed by atoms with Gasteiger partial charge in [0.1, 0.15) is 18.2 Å². The Hall–Kier alpha value is -3.61. The van der Waals surface area contributed by atoms with Crippen molar-refractivity contribution in [2.24, 2.45) is 7.05 Å². The molecule has 4 aromatic rings. The van der Waals surface area contributed by atoms with Gasteiger partial charge in [0, 0.05) is 19.4 Å². The van der Waals surface area contributed by atoms with E-state index in [0.29, 0.717) is 28.2 Å². The molecule has 0 atom stereocenters. The van der Waals surface area contributed by atoms with Crippen LogP contribution < -0.4 is 4.74 Å². The van der Waals surface area contributed by atoms with Crippen molar-refractivity contribution >= 4 is 21.2 Å². The molecule has 2 heterocycles. The number of hydrogen-bond donors (Lipinski definition) is 2. The van der Waals surface area contributed by atoms with E-state index < -0.39 is 10.1 Å². The van der Waals surface area contributed by atoms with Crippen LogP contribution in [0.25, 0.3) is 11.0 Å². The Morgan fingerprint density at radius 2 is 1.93 bits per heavy atom. The number of ether oxygens (including phenoxy) is 1. The minimum atomic E-state index is -4.27. The first-order valence-corrected chi connectivity index (χ1v) is 9.96. The number of nitrogens with zero attached hydrogens (tertiary/aromatic N) is 3. The highest BCUT2D eigenvalue weighted by atomic mass is 32.2. The molecule has 0 saturated heterocycles. The molecule has 4 rings (SSSR count). The van der Waals surface area contributed by atoms with Gasteiger partial charge in [0.05, 0.1) is 27.6 Å². The molecule has 0 amide bonds. The predicted octanol–water partition coefficient (Wildman–Crippen LogP) is 3.29. The topological polar surface area (TPSA) is 121 Å². The molecule has 29 heavy (non-hydrogen) atoms. The highest BCUT2D eigenvalue weighted by molar-refractivity contribution is 7.85. The number of nitriles is 1. The molecule has 0 aliphatic carbocycles. The fourth-order valence-corrected chi connectivity index (χ4v) is 3.10. The summed E-state index contributed by atoms with van der Waals surface area (Å²) in [6, 6.07) is 16.9. The zero-order valence-corrected chi connectivity index (χ0v) is 16.3. The number of rotatable bonds is 4. The van der Waals surface area contributed by atoms with Gasteiger partial charge < -0.3 is 14.3 Å². The quantitative estimate of drug-likeness (QED) is 0.498. The summed E-state index contributed by atoms with van der Waals surface area (Å²) in [4.78, 5) is 7.00. The molecule has 0 fully saturated rings. The van der Waals surface area contributed by atoms with Gasteiger partial charge in [0.2, 0.25) is 0 Å². The first-order valence-electron chi connectivity index (χ1n) is 8.52. The van der Waals surface area contributed by atoms with Crippen molar-refractivity contribution in [2.75, 3.05) is 0 Å². The summed E-state index contributed by atoms with van der Waals surface area (Å²) in [5.74, 6) is 1.12. The minimum Gasteiger partial charge on any atom is -0.486 e. The smallest absolute Gasteiger partial charge is 0.294 e. The maximum atomic E-state index is 11.2. The van der Waals surface area contributed by atoms with Crippen molar-refractivity contribution in [1.82, 2.24) is 14.5 Å². The number of hydrogen-bond acceptors (Lipinski definition) is 5. The highest BCUT2D eigenvalue weighted by Crippen LogP contribution is 2.21. The van der Waals surface area contributed by atoms with Crippen molar-refractivity contribution in [3.05, 3.63) is 78.4 Å². The van der Waals surface area contributed by atoms with Crippen LogP contribution in [0.4, 0.5) is 0 Å². The second-order valence-corrected chi connectivity index (χ2v) is 7.45. The molecule has 0 aliphatic rings. The third-order valence-electron chi connectivity index (χ3n) is 4.07. The van der Waals surface area contributed by atoms with Gasteiger partial charge in [-0.1, -0.05) is 6.07 Å². The van der Waals surface area contributed by atoms with E-state index >= 15 is 0 Å². The zero-order chi connectivity index (χ0) is 20.9. The largest absolute Gasteiger partial charge is 0.486 e. The van der Waals surface area contributed by atoms with Gasteiger partial charge in [0.15, 0.2) is 0 Å². The average molecular weight is 410 g/mol. The number of nitrogens with one attached hydrogen (secondary N) is 1. The Morgan fingerprint density at radius 1 is 1.17 bits per heavy atom. The van der Waals surface area contributed by atoms with E-state index in [0.717, 1.165) is 0 Å². The molecule has 0 saturated carbocycles. The van der Waals surface area contributed by atoms with E-state index in [9.17, 15) is 8.42 Å². The molecule has 2 aromatic heterocycles. The normalized spacial score (nSPS) is 10.8. The molecule has 0 radical (unpaired) electrons. The van der Waals surface area contributed by atoms with Gasteiger partial charge in [-0.3, -0.25) is 4.55 Å². The van der Waals surface area contributed by atoms with Gasteiger partial charge in [-0.25, -0.2) is 4.98 Å².